The summed E-state index contributed by atoms with van der Waals surface area (Å²) in [5.74, 6) is -0.0536. The van der Waals surface area contributed by atoms with E-state index in [2.05, 4.69) is 9.97 Å². The van der Waals surface area contributed by atoms with E-state index >= 15 is 0 Å². The molecule has 1 aromatic rings. The SMILES string of the molecule is OCC1CCN(c2nc(Cl)ncc2F)C1. The maximum absolute atomic E-state index is 13.4. The number of anilines is 1. The van der Waals surface area contributed by atoms with Gasteiger partial charge in [-0.15, -0.1) is 0 Å². The predicted molar refractivity (Wildman–Crippen MR) is 54.4 cm³/mol. The summed E-state index contributed by atoms with van der Waals surface area (Å²) in [6.45, 7) is 1.42. The van der Waals surface area contributed by atoms with Crippen molar-refractivity contribution >= 4 is 17.4 Å². The minimum atomic E-state index is -0.474. The van der Waals surface area contributed by atoms with Gasteiger partial charge in [0.1, 0.15) is 0 Å². The van der Waals surface area contributed by atoms with Crippen molar-refractivity contribution in [1.82, 2.24) is 9.97 Å². The molecule has 1 fully saturated rings. The molecule has 1 unspecified atom stereocenters. The van der Waals surface area contributed by atoms with Crippen molar-refractivity contribution in [3.8, 4) is 0 Å². The predicted octanol–water partition coefficient (Wildman–Crippen LogP) is 1.09. The Labute approximate surface area is 91.7 Å². The van der Waals surface area contributed by atoms with Gasteiger partial charge in [-0.1, -0.05) is 0 Å². The van der Waals surface area contributed by atoms with Gasteiger partial charge in [0.15, 0.2) is 11.6 Å². The number of aromatic nitrogens is 2. The Kier molecular flexibility index (Phi) is 3.02. The fourth-order valence-electron chi connectivity index (χ4n) is 1.73. The number of nitrogens with zero attached hydrogens (tertiary/aromatic N) is 3. The van der Waals surface area contributed by atoms with Crippen molar-refractivity contribution in [2.45, 2.75) is 6.42 Å². The van der Waals surface area contributed by atoms with Crippen LogP contribution in [0.4, 0.5) is 10.2 Å². The first kappa shape index (κ1) is 10.6. The zero-order valence-corrected chi connectivity index (χ0v) is 8.78. The molecule has 2 heterocycles. The average Bonchev–Trinajstić information content (AvgIpc) is 2.70. The maximum atomic E-state index is 13.4. The van der Waals surface area contributed by atoms with Crippen molar-refractivity contribution < 1.29 is 9.50 Å². The molecule has 15 heavy (non-hydrogen) atoms. The summed E-state index contributed by atoms with van der Waals surface area (Å²) >= 11 is 5.60. The number of rotatable bonds is 2. The molecule has 2 rings (SSSR count). The third-order valence-electron chi connectivity index (χ3n) is 2.54. The van der Waals surface area contributed by atoms with Crippen LogP contribution in [0.25, 0.3) is 0 Å². The van der Waals surface area contributed by atoms with E-state index in [1.807, 2.05) is 0 Å². The van der Waals surface area contributed by atoms with Gasteiger partial charge < -0.3 is 10.0 Å². The Hall–Kier alpha value is -0.940. The van der Waals surface area contributed by atoms with Crippen molar-refractivity contribution in [2.75, 3.05) is 24.6 Å². The molecule has 0 aromatic carbocycles. The van der Waals surface area contributed by atoms with E-state index in [-0.39, 0.29) is 23.6 Å². The van der Waals surface area contributed by atoms with E-state index in [9.17, 15) is 4.39 Å². The van der Waals surface area contributed by atoms with Gasteiger partial charge in [-0.2, -0.15) is 4.98 Å². The van der Waals surface area contributed by atoms with Crippen LogP contribution >= 0.6 is 11.6 Å². The van der Waals surface area contributed by atoms with Crippen molar-refractivity contribution in [3.05, 3.63) is 17.3 Å². The molecule has 0 aliphatic carbocycles. The topological polar surface area (TPSA) is 49.2 Å². The van der Waals surface area contributed by atoms with Crippen LogP contribution < -0.4 is 4.90 Å². The molecule has 1 aliphatic heterocycles. The van der Waals surface area contributed by atoms with Gasteiger partial charge in [0, 0.05) is 25.6 Å². The summed E-state index contributed by atoms with van der Waals surface area (Å²) < 4.78 is 13.4. The van der Waals surface area contributed by atoms with Gasteiger partial charge >= 0.3 is 0 Å². The largest absolute Gasteiger partial charge is 0.396 e. The molecule has 0 spiro atoms. The molecule has 1 N–H and O–H groups in total. The van der Waals surface area contributed by atoms with Crippen LogP contribution in [-0.2, 0) is 0 Å². The highest BCUT2D eigenvalue weighted by molar-refractivity contribution is 6.28. The standard InChI is InChI=1S/C9H11ClFN3O/c10-9-12-3-7(11)8(13-9)14-2-1-6(4-14)5-15/h3,6,15H,1-2,4-5H2. The van der Waals surface area contributed by atoms with E-state index < -0.39 is 5.82 Å². The average molecular weight is 232 g/mol. The Morgan fingerprint density at radius 3 is 3.13 bits per heavy atom. The first-order valence-electron chi connectivity index (χ1n) is 4.74. The second-order valence-electron chi connectivity index (χ2n) is 3.59. The van der Waals surface area contributed by atoms with E-state index in [0.29, 0.717) is 13.1 Å². The van der Waals surface area contributed by atoms with Crippen LogP contribution in [0.2, 0.25) is 5.28 Å². The second-order valence-corrected chi connectivity index (χ2v) is 3.93. The molecule has 0 bridgehead atoms. The molecule has 1 saturated heterocycles. The summed E-state index contributed by atoms with van der Waals surface area (Å²) in [4.78, 5) is 9.18. The molecule has 0 amide bonds. The molecular weight excluding hydrogens is 221 g/mol. The summed E-state index contributed by atoms with van der Waals surface area (Å²) in [6, 6.07) is 0. The van der Waals surface area contributed by atoms with Gasteiger partial charge in [-0.25, -0.2) is 9.37 Å². The van der Waals surface area contributed by atoms with Crippen LogP contribution in [0, 0.1) is 11.7 Å². The molecule has 0 radical (unpaired) electrons. The molecule has 82 valence electrons. The van der Waals surface area contributed by atoms with Crippen molar-refractivity contribution in [2.24, 2.45) is 5.92 Å². The summed E-state index contributed by atoms with van der Waals surface area (Å²) in [6.07, 6.45) is 1.91. The molecule has 1 aromatic heterocycles. The summed E-state index contributed by atoms with van der Waals surface area (Å²) in [7, 11) is 0. The maximum Gasteiger partial charge on any atom is 0.224 e. The lowest BCUT2D eigenvalue weighted by molar-refractivity contribution is 0.238. The lowest BCUT2D eigenvalue weighted by Crippen LogP contribution is -2.23. The van der Waals surface area contributed by atoms with Crippen LogP contribution in [0.3, 0.4) is 0 Å². The van der Waals surface area contributed by atoms with Crippen molar-refractivity contribution in [3.63, 3.8) is 0 Å². The minimum Gasteiger partial charge on any atom is -0.396 e. The number of hydrogen-bond donors (Lipinski definition) is 1. The van der Waals surface area contributed by atoms with Crippen LogP contribution in [0.5, 0.6) is 0 Å². The van der Waals surface area contributed by atoms with E-state index in [4.69, 9.17) is 16.7 Å². The lowest BCUT2D eigenvalue weighted by atomic mass is 10.1. The first-order valence-corrected chi connectivity index (χ1v) is 5.12. The molecule has 0 saturated carbocycles. The van der Waals surface area contributed by atoms with E-state index in [1.165, 1.54) is 0 Å². The Bertz CT molecular complexity index is 363. The number of aliphatic hydroxyl groups excluding tert-OH is 1. The normalized spacial score (nSPS) is 21.0. The monoisotopic (exact) mass is 231 g/mol. The molecular formula is C9H11ClFN3O. The van der Waals surface area contributed by atoms with Gasteiger partial charge in [-0.3, -0.25) is 0 Å². The highest BCUT2D eigenvalue weighted by Crippen LogP contribution is 2.24. The molecule has 1 aliphatic rings. The molecule has 6 heteroatoms. The van der Waals surface area contributed by atoms with Gasteiger partial charge in [-0.05, 0) is 18.0 Å². The Balaban J connectivity index is 2.19. The minimum absolute atomic E-state index is 0.0406. The van der Waals surface area contributed by atoms with E-state index in [1.54, 1.807) is 4.90 Å². The summed E-state index contributed by atoms with van der Waals surface area (Å²) in [5.41, 5.74) is 0. The zero-order valence-electron chi connectivity index (χ0n) is 8.03. The second kappa shape index (κ2) is 4.28. The number of halogens is 2. The smallest absolute Gasteiger partial charge is 0.224 e. The van der Waals surface area contributed by atoms with Gasteiger partial charge in [0.05, 0.1) is 6.20 Å². The third-order valence-corrected chi connectivity index (χ3v) is 2.72. The van der Waals surface area contributed by atoms with E-state index in [0.717, 1.165) is 12.6 Å². The fourth-order valence-corrected chi connectivity index (χ4v) is 1.86. The van der Waals surface area contributed by atoms with Crippen LogP contribution in [0.15, 0.2) is 6.20 Å². The first-order chi connectivity index (χ1) is 7.20. The number of aliphatic hydroxyl groups is 1. The quantitative estimate of drug-likeness (QED) is 0.774. The fraction of sp³-hybridized carbons (Fsp3) is 0.556. The number of hydrogen-bond acceptors (Lipinski definition) is 4. The van der Waals surface area contributed by atoms with Crippen LogP contribution in [0.1, 0.15) is 6.42 Å². The van der Waals surface area contributed by atoms with Gasteiger partial charge in [0.25, 0.3) is 0 Å². The highest BCUT2D eigenvalue weighted by Gasteiger charge is 2.25. The molecule has 4 nitrogen and oxygen atoms in total. The highest BCUT2D eigenvalue weighted by atomic mass is 35.5. The van der Waals surface area contributed by atoms with Crippen LogP contribution in [-0.4, -0.2) is 34.8 Å². The summed E-state index contributed by atoms with van der Waals surface area (Å²) in [5, 5.41) is 9.02. The Morgan fingerprint density at radius 2 is 2.47 bits per heavy atom. The van der Waals surface area contributed by atoms with Crippen molar-refractivity contribution in [1.29, 1.82) is 0 Å². The Morgan fingerprint density at radius 1 is 1.67 bits per heavy atom. The zero-order chi connectivity index (χ0) is 10.8. The molecule has 1 atom stereocenters. The lowest BCUT2D eigenvalue weighted by Gasteiger charge is -2.17. The van der Waals surface area contributed by atoms with Gasteiger partial charge in [0.2, 0.25) is 5.28 Å². The third kappa shape index (κ3) is 2.18.